The molecule has 0 N–H and O–H groups in total. The van der Waals surface area contributed by atoms with Gasteiger partial charge in [-0.05, 0) is 28.7 Å². The van der Waals surface area contributed by atoms with Crippen LogP contribution in [-0.4, -0.2) is 12.1 Å². The van der Waals surface area contributed by atoms with E-state index in [1.807, 2.05) is 22.6 Å². The Morgan fingerprint density at radius 2 is 2.25 bits per heavy atom. The molecule has 5 heteroatoms. The molecule has 1 aromatic heterocycles. The van der Waals surface area contributed by atoms with E-state index in [2.05, 4.69) is 4.98 Å². The number of pyridine rings is 1. The molecule has 0 atom stereocenters. The van der Waals surface area contributed by atoms with Crippen molar-refractivity contribution < 1.29 is 13.5 Å². The molecule has 0 unspecified atom stereocenters. The zero-order valence-electron chi connectivity index (χ0n) is 6.22. The van der Waals surface area contributed by atoms with Crippen LogP contribution in [0.25, 0.3) is 0 Å². The van der Waals surface area contributed by atoms with Gasteiger partial charge in [-0.25, -0.2) is 13.8 Å². The number of aromatic nitrogens is 1. The molecule has 0 saturated heterocycles. The highest BCUT2D eigenvalue weighted by atomic mass is 127. The number of ether oxygens (including phenoxy) is 1. The number of rotatable bonds is 2. The average Bonchev–Trinajstić information content (AvgIpc) is 2.03. The van der Waals surface area contributed by atoms with Crippen LogP contribution >= 0.6 is 22.6 Å². The maximum atomic E-state index is 12.4. The van der Waals surface area contributed by atoms with E-state index in [1.165, 1.54) is 19.4 Å². The second kappa shape index (κ2) is 3.97. The quantitative estimate of drug-likeness (QED) is 0.779. The minimum Gasteiger partial charge on any atom is -0.481 e. The Morgan fingerprint density at radius 1 is 1.58 bits per heavy atom. The maximum Gasteiger partial charge on any atom is 0.270 e. The second-order valence-corrected chi connectivity index (χ2v) is 3.18. The molecule has 0 amide bonds. The van der Waals surface area contributed by atoms with Gasteiger partial charge >= 0.3 is 0 Å². The fraction of sp³-hybridized carbons (Fsp3) is 0.286. The second-order valence-electron chi connectivity index (χ2n) is 2.02. The van der Waals surface area contributed by atoms with Crippen molar-refractivity contribution in [3.8, 4) is 5.88 Å². The largest absolute Gasteiger partial charge is 0.481 e. The lowest BCUT2D eigenvalue weighted by atomic mass is 10.3. The lowest BCUT2D eigenvalue weighted by Gasteiger charge is -2.07. The topological polar surface area (TPSA) is 22.1 Å². The van der Waals surface area contributed by atoms with Crippen LogP contribution in [0.2, 0.25) is 0 Å². The molecule has 1 rings (SSSR count). The first-order valence-corrected chi connectivity index (χ1v) is 4.21. The summed E-state index contributed by atoms with van der Waals surface area (Å²) in [5.74, 6) is -0.00287. The first-order chi connectivity index (χ1) is 5.66. The van der Waals surface area contributed by atoms with Crippen molar-refractivity contribution in [3.05, 3.63) is 21.4 Å². The van der Waals surface area contributed by atoms with Gasteiger partial charge in [-0.2, -0.15) is 0 Å². The molecule has 0 bridgehead atoms. The number of halogens is 3. The van der Waals surface area contributed by atoms with E-state index in [4.69, 9.17) is 4.74 Å². The van der Waals surface area contributed by atoms with Crippen LogP contribution in [0.4, 0.5) is 8.78 Å². The van der Waals surface area contributed by atoms with E-state index >= 15 is 0 Å². The molecule has 2 nitrogen and oxygen atoms in total. The van der Waals surface area contributed by atoms with Crippen molar-refractivity contribution in [1.82, 2.24) is 4.98 Å². The third-order valence-corrected chi connectivity index (χ3v) is 2.25. The Kier molecular flexibility index (Phi) is 3.19. The third-order valence-electron chi connectivity index (χ3n) is 1.31. The molecule has 0 saturated carbocycles. The van der Waals surface area contributed by atoms with Gasteiger partial charge in [0, 0.05) is 9.77 Å². The van der Waals surface area contributed by atoms with Gasteiger partial charge in [-0.15, -0.1) is 0 Å². The highest BCUT2D eigenvalue weighted by molar-refractivity contribution is 14.1. The van der Waals surface area contributed by atoms with Gasteiger partial charge in [-0.1, -0.05) is 0 Å². The van der Waals surface area contributed by atoms with Crippen LogP contribution in [0.15, 0.2) is 12.3 Å². The summed E-state index contributed by atoms with van der Waals surface area (Å²) in [6.45, 7) is 0. The van der Waals surface area contributed by atoms with Crippen molar-refractivity contribution in [2.24, 2.45) is 0 Å². The van der Waals surface area contributed by atoms with Gasteiger partial charge in [0.25, 0.3) is 6.43 Å². The van der Waals surface area contributed by atoms with E-state index in [0.717, 1.165) is 0 Å². The van der Waals surface area contributed by atoms with Crippen LogP contribution in [0.3, 0.4) is 0 Å². The first-order valence-electron chi connectivity index (χ1n) is 3.13. The summed E-state index contributed by atoms with van der Waals surface area (Å²) in [5, 5.41) is 0. The van der Waals surface area contributed by atoms with Crippen molar-refractivity contribution >= 4 is 22.6 Å². The zero-order valence-corrected chi connectivity index (χ0v) is 8.38. The highest BCUT2D eigenvalue weighted by Gasteiger charge is 2.17. The van der Waals surface area contributed by atoms with Crippen LogP contribution in [0.1, 0.15) is 12.0 Å². The van der Waals surface area contributed by atoms with Crippen molar-refractivity contribution in [3.63, 3.8) is 0 Å². The van der Waals surface area contributed by atoms with Crippen molar-refractivity contribution in [2.75, 3.05) is 7.11 Å². The molecule has 0 aliphatic heterocycles. The van der Waals surface area contributed by atoms with Crippen LogP contribution < -0.4 is 4.74 Å². The minimum atomic E-state index is -2.54. The predicted molar refractivity (Wildman–Crippen MR) is 48.5 cm³/mol. The van der Waals surface area contributed by atoms with Gasteiger partial charge in [-0.3, -0.25) is 0 Å². The van der Waals surface area contributed by atoms with Gasteiger partial charge in [0.2, 0.25) is 5.88 Å². The van der Waals surface area contributed by atoms with Crippen LogP contribution in [0.5, 0.6) is 5.88 Å². The molecule has 0 aromatic carbocycles. The molecule has 66 valence electrons. The summed E-state index contributed by atoms with van der Waals surface area (Å²) in [6.07, 6.45) is -1.10. The van der Waals surface area contributed by atoms with Gasteiger partial charge in [0.15, 0.2) is 0 Å². The summed E-state index contributed by atoms with van der Waals surface area (Å²) in [4.78, 5) is 3.67. The number of methoxy groups -OCH3 is 1. The SMILES string of the molecule is COc1nccc(I)c1C(F)F. The number of alkyl halides is 2. The van der Waals surface area contributed by atoms with Crippen LogP contribution in [-0.2, 0) is 0 Å². The monoisotopic (exact) mass is 285 g/mol. The van der Waals surface area contributed by atoms with E-state index in [1.54, 1.807) is 0 Å². The Hall–Kier alpha value is -0.460. The van der Waals surface area contributed by atoms with Gasteiger partial charge in [0.1, 0.15) is 0 Å². The summed E-state index contributed by atoms with van der Waals surface area (Å²) >= 11 is 1.82. The lowest BCUT2D eigenvalue weighted by Crippen LogP contribution is -1.97. The Balaban J connectivity index is 3.20. The van der Waals surface area contributed by atoms with Gasteiger partial charge in [0.05, 0.1) is 12.7 Å². The average molecular weight is 285 g/mol. The molecule has 0 aliphatic carbocycles. The van der Waals surface area contributed by atoms with E-state index in [0.29, 0.717) is 3.57 Å². The summed E-state index contributed by atoms with van der Waals surface area (Å²) in [7, 11) is 1.32. The standard InChI is InChI=1S/C7H6F2INO/c1-12-7-5(6(8)9)4(10)2-3-11-7/h2-3,6H,1H3. The minimum absolute atomic E-state index is 0.00287. The van der Waals surface area contributed by atoms with Crippen LogP contribution in [0, 0.1) is 3.57 Å². The summed E-state index contributed by atoms with van der Waals surface area (Å²) < 4.78 is 29.9. The van der Waals surface area contributed by atoms with E-state index in [9.17, 15) is 8.78 Å². The maximum absolute atomic E-state index is 12.4. The third kappa shape index (κ3) is 1.82. The molecule has 0 spiro atoms. The van der Waals surface area contributed by atoms with E-state index in [-0.39, 0.29) is 11.4 Å². The normalized spacial score (nSPS) is 10.4. The number of nitrogens with zero attached hydrogens (tertiary/aromatic N) is 1. The smallest absolute Gasteiger partial charge is 0.270 e. The summed E-state index contributed by atoms with van der Waals surface area (Å²) in [6, 6.07) is 1.52. The molecule has 1 heterocycles. The predicted octanol–water partition coefficient (Wildman–Crippen LogP) is 2.63. The molecular formula is C7H6F2INO. The first kappa shape index (κ1) is 9.63. The van der Waals surface area contributed by atoms with Crippen molar-refractivity contribution in [1.29, 1.82) is 0 Å². The molecule has 0 fully saturated rings. The Labute approximate surface area is 82.1 Å². The highest BCUT2D eigenvalue weighted by Crippen LogP contribution is 2.30. The fourth-order valence-electron chi connectivity index (χ4n) is 0.792. The molecular weight excluding hydrogens is 279 g/mol. The molecule has 1 aromatic rings. The lowest BCUT2D eigenvalue weighted by molar-refractivity contribution is 0.145. The van der Waals surface area contributed by atoms with Crippen molar-refractivity contribution in [2.45, 2.75) is 6.43 Å². The molecule has 12 heavy (non-hydrogen) atoms. The Bertz CT molecular complexity index is 280. The van der Waals surface area contributed by atoms with Gasteiger partial charge < -0.3 is 4.74 Å². The van der Waals surface area contributed by atoms with E-state index < -0.39 is 6.43 Å². The molecule has 0 radical (unpaired) electrons. The fourth-order valence-corrected chi connectivity index (χ4v) is 1.42. The number of hydrogen-bond acceptors (Lipinski definition) is 2. The molecule has 0 aliphatic rings. The number of hydrogen-bond donors (Lipinski definition) is 0. The Morgan fingerprint density at radius 3 is 2.67 bits per heavy atom. The summed E-state index contributed by atoms with van der Waals surface area (Å²) in [5.41, 5.74) is -0.138. The zero-order chi connectivity index (χ0) is 9.14.